The number of thiazole rings is 1. The van der Waals surface area contributed by atoms with E-state index in [1.165, 1.54) is 29.7 Å². The number of methoxy groups -OCH3 is 1. The van der Waals surface area contributed by atoms with Gasteiger partial charge in [-0.3, -0.25) is 10.1 Å². The molecule has 0 radical (unpaired) electrons. The van der Waals surface area contributed by atoms with Crippen LogP contribution in [-0.4, -0.2) is 69.5 Å². The van der Waals surface area contributed by atoms with Crippen molar-refractivity contribution in [3.63, 3.8) is 0 Å². The average Bonchev–Trinajstić information content (AvgIpc) is 3.15. The minimum absolute atomic E-state index is 0.103. The fraction of sp³-hybridized carbons (Fsp3) is 0.316. The maximum Gasteiger partial charge on any atom is 0.324 e. The van der Waals surface area contributed by atoms with Crippen LogP contribution in [0.15, 0.2) is 34.5 Å². The number of piperazine rings is 1. The van der Waals surface area contributed by atoms with Gasteiger partial charge >= 0.3 is 6.03 Å². The highest BCUT2D eigenvalue weighted by molar-refractivity contribution is 9.11. The number of carbonyl (C=O) groups is 2. The molecule has 162 valence electrons. The number of rotatable bonds is 5. The predicted octanol–water partition coefficient (Wildman–Crippen LogP) is 2.32. The molecule has 1 atom stereocenters. The molecule has 10 nitrogen and oxygen atoms in total. The van der Waals surface area contributed by atoms with E-state index in [0.717, 1.165) is 20.3 Å². The van der Waals surface area contributed by atoms with E-state index in [9.17, 15) is 9.59 Å². The molecular formula is C19H20BrN7O3S. The number of hydrogen-bond acceptors (Lipinski definition) is 8. The van der Waals surface area contributed by atoms with Gasteiger partial charge in [0.2, 0.25) is 5.91 Å². The van der Waals surface area contributed by atoms with Crippen LogP contribution >= 0.6 is 27.3 Å². The number of nitrogens with zero attached hydrogens (tertiary/aromatic N) is 5. The number of aromatic nitrogens is 3. The highest BCUT2D eigenvalue weighted by Crippen LogP contribution is 2.25. The van der Waals surface area contributed by atoms with Gasteiger partial charge in [0.1, 0.15) is 18.2 Å². The van der Waals surface area contributed by atoms with Crippen LogP contribution in [-0.2, 0) is 16.1 Å². The van der Waals surface area contributed by atoms with Crippen LogP contribution in [0.5, 0.6) is 0 Å². The molecule has 0 bridgehead atoms. The molecule has 0 aliphatic carbocycles. The molecule has 0 saturated carbocycles. The summed E-state index contributed by atoms with van der Waals surface area (Å²) >= 11 is 4.62. The van der Waals surface area contributed by atoms with Crippen LogP contribution < -0.4 is 11.1 Å². The lowest BCUT2D eigenvalue weighted by atomic mass is 10.1. The summed E-state index contributed by atoms with van der Waals surface area (Å²) in [6.07, 6.45) is 3.03. The van der Waals surface area contributed by atoms with Crippen LogP contribution in [0.25, 0.3) is 10.9 Å². The predicted molar refractivity (Wildman–Crippen MR) is 121 cm³/mol. The quantitative estimate of drug-likeness (QED) is 0.544. The van der Waals surface area contributed by atoms with Crippen LogP contribution in [0.3, 0.4) is 0 Å². The Bertz CT molecular complexity index is 1120. The maximum atomic E-state index is 13.2. The molecule has 0 spiro atoms. The summed E-state index contributed by atoms with van der Waals surface area (Å²) in [7, 11) is 1.51. The van der Waals surface area contributed by atoms with Gasteiger partial charge in [0.05, 0.1) is 22.1 Å². The van der Waals surface area contributed by atoms with E-state index in [4.69, 9.17) is 10.5 Å². The number of halogens is 1. The third-order valence-electron chi connectivity index (χ3n) is 4.97. The zero-order valence-electron chi connectivity index (χ0n) is 16.6. The summed E-state index contributed by atoms with van der Waals surface area (Å²) in [5.74, 6) is 0.241. The largest absolute Gasteiger partial charge is 0.383 e. The topological polar surface area (TPSA) is 127 Å². The van der Waals surface area contributed by atoms with Crippen LogP contribution in [0.1, 0.15) is 5.56 Å². The Kier molecular flexibility index (Phi) is 6.30. The number of anilines is 2. The van der Waals surface area contributed by atoms with Gasteiger partial charge in [-0.1, -0.05) is 17.4 Å². The molecule has 1 aliphatic heterocycles. The molecule has 0 unspecified atom stereocenters. The first-order valence-corrected chi connectivity index (χ1v) is 11.0. The van der Waals surface area contributed by atoms with E-state index in [1.54, 1.807) is 11.1 Å². The van der Waals surface area contributed by atoms with Gasteiger partial charge in [-0.05, 0) is 33.6 Å². The Morgan fingerprint density at radius 1 is 1.35 bits per heavy atom. The fourth-order valence-corrected chi connectivity index (χ4v) is 4.57. The van der Waals surface area contributed by atoms with E-state index in [1.807, 2.05) is 18.2 Å². The third kappa shape index (κ3) is 4.60. The lowest BCUT2D eigenvalue weighted by Crippen LogP contribution is -2.60. The minimum Gasteiger partial charge on any atom is -0.383 e. The van der Waals surface area contributed by atoms with Gasteiger partial charge in [-0.2, -0.15) is 0 Å². The number of hydrogen-bond donors (Lipinski definition) is 2. The summed E-state index contributed by atoms with van der Waals surface area (Å²) in [5.41, 5.74) is 7.52. The lowest BCUT2D eigenvalue weighted by Gasteiger charge is -2.40. The molecule has 3 aromatic rings. The van der Waals surface area contributed by atoms with E-state index >= 15 is 0 Å². The molecule has 12 heteroatoms. The van der Waals surface area contributed by atoms with E-state index in [0.29, 0.717) is 30.6 Å². The molecule has 31 heavy (non-hydrogen) atoms. The van der Waals surface area contributed by atoms with Crippen molar-refractivity contribution in [3.05, 3.63) is 40.1 Å². The molecule has 3 heterocycles. The number of amides is 3. The van der Waals surface area contributed by atoms with Crippen molar-refractivity contribution in [2.24, 2.45) is 0 Å². The van der Waals surface area contributed by atoms with E-state index in [-0.39, 0.29) is 18.5 Å². The first kappa shape index (κ1) is 21.4. The standard InChI is InChI=1S/C19H20BrN7O3S/c1-30-9-14-17(28)26(4-5-27(14)19(29)25-18-22-7-15(20)31-18)8-11-2-3-12-13(6-11)23-10-24-16(12)21/h2-3,6-7,10,14H,4-5,8-9H2,1H3,(H2,21,23,24)(H,22,25,29)/t14-/m0/s1. The first-order valence-electron chi connectivity index (χ1n) is 9.42. The summed E-state index contributed by atoms with van der Waals surface area (Å²) < 4.78 is 6.04. The van der Waals surface area contributed by atoms with Crippen molar-refractivity contribution in [2.75, 3.05) is 37.9 Å². The smallest absolute Gasteiger partial charge is 0.324 e. The second kappa shape index (κ2) is 9.12. The Hall–Kier alpha value is -2.83. The second-order valence-electron chi connectivity index (χ2n) is 6.93. The number of ether oxygens (including phenoxy) is 1. The second-order valence-corrected chi connectivity index (χ2v) is 9.34. The van der Waals surface area contributed by atoms with Gasteiger partial charge in [0.15, 0.2) is 5.13 Å². The number of benzene rings is 1. The maximum absolute atomic E-state index is 13.2. The summed E-state index contributed by atoms with van der Waals surface area (Å²) in [4.78, 5) is 41.5. The molecular weight excluding hydrogens is 486 g/mol. The zero-order valence-corrected chi connectivity index (χ0v) is 19.0. The molecule has 4 rings (SSSR count). The Morgan fingerprint density at radius 2 is 2.19 bits per heavy atom. The van der Waals surface area contributed by atoms with Crippen LogP contribution in [0.2, 0.25) is 0 Å². The lowest BCUT2D eigenvalue weighted by molar-refractivity contribution is -0.142. The van der Waals surface area contributed by atoms with E-state index < -0.39 is 6.04 Å². The van der Waals surface area contributed by atoms with Crippen molar-refractivity contribution in [3.8, 4) is 0 Å². The molecule has 1 aromatic carbocycles. The third-order valence-corrected chi connectivity index (χ3v) is 6.36. The zero-order chi connectivity index (χ0) is 22.0. The Balaban J connectivity index is 1.49. The van der Waals surface area contributed by atoms with Crippen molar-refractivity contribution in [1.82, 2.24) is 24.8 Å². The van der Waals surface area contributed by atoms with E-state index in [2.05, 4.69) is 36.2 Å². The SMILES string of the molecule is COC[C@H]1C(=O)N(Cc2ccc3c(N)ncnc3c2)CCN1C(=O)Nc1ncc(Br)s1. The Morgan fingerprint density at radius 3 is 2.94 bits per heavy atom. The van der Waals surface area contributed by atoms with Crippen molar-refractivity contribution >= 4 is 61.1 Å². The number of nitrogens with two attached hydrogens (primary N) is 1. The highest BCUT2D eigenvalue weighted by Gasteiger charge is 2.37. The molecule has 1 fully saturated rings. The van der Waals surface area contributed by atoms with Crippen LogP contribution in [0, 0.1) is 0 Å². The molecule has 1 aliphatic rings. The van der Waals surface area contributed by atoms with Crippen molar-refractivity contribution in [2.45, 2.75) is 12.6 Å². The molecule has 3 N–H and O–H groups in total. The number of carbonyl (C=O) groups excluding carboxylic acids is 2. The molecule has 2 aromatic heterocycles. The van der Waals surface area contributed by atoms with Crippen molar-refractivity contribution in [1.29, 1.82) is 0 Å². The van der Waals surface area contributed by atoms with Gasteiger partial charge in [0.25, 0.3) is 0 Å². The minimum atomic E-state index is -0.722. The summed E-state index contributed by atoms with van der Waals surface area (Å²) in [6, 6.07) is 4.55. The monoisotopic (exact) mass is 505 g/mol. The number of nitrogen functional groups attached to an aromatic ring is 1. The number of nitrogens with one attached hydrogen (secondary N) is 1. The van der Waals surface area contributed by atoms with Gasteiger partial charge < -0.3 is 20.3 Å². The summed E-state index contributed by atoms with van der Waals surface area (Å²) in [6.45, 7) is 1.28. The van der Waals surface area contributed by atoms with Crippen molar-refractivity contribution < 1.29 is 14.3 Å². The average molecular weight is 506 g/mol. The summed E-state index contributed by atoms with van der Waals surface area (Å²) in [5, 5.41) is 3.97. The van der Waals surface area contributed by atoms with Crippen LogP contribution in [0.4, 0.5) is 15.7 Å². The number of urea groups is 1. The van der Waals surface area contributed by atoms with Gasteiger partial charge in [-0.25, -0.2) is 19.7 Å². The van der Waals surface area contributed by atoms with Gasteiger partial charge in [0, 0.05) is 32.1 Å². The fourth-order valence-electron chi connectivity index (χ4n) is 3.48. The Labute approximate surface area is 190 Å². The first-order chi connectivity index (χ1) is 15.0. The highest BCUT2D eigenvalue weighted by atomic mass is 79.9. The number of fused-ring (bicyclic) bond motifs is 1. The normalized spacial score (nSPS) is 16.7. The van der Waals surface area contributed by atoms with Gasteiger partial charge in [-0.15, -0.1) is 0 Å². The molecule has 1 saturated heterocycles. The molecule has 3 amide bonds.